The Morgan fingerprint density at radius 2 is 1.55 bits per heavy atom. The van der Waals surface area contributed by atoms with E-state index in [2.05, 4.69) is 5.32 Å². The molecule has 0 aliphatic heterocycles. The molecule has 0 aliphatic rings. The van der Waals surface area contributed by atoms with Gasteiger partial charge in [0.15, 0.2) is 0 Å². The van der Waals surface area contributed by atoms with E-state index in [1.807, 2.05) is 64.1 Å². The Hall–Kier alpha value is -3.32. The van der Waals surface area contributed by atoms with Crippen LogP contribution in [0.25, 0.3) is 0 Å². The molecule has 3 aromatic rings. The monoisotopic (exact) mass is 466 g/mol. The smallest absolute Gasteiger partial charge is 0.264 e. The van der Waals surface area contributed by atoms with Gasteiger partial charge in [0, 0.05) is 0 Å². The van der Waals surface area contributed by atoms with E-state index in [4.69, 9.17) is 4.74 Å². The number of sulfonamides is 1. The highest BCUT2D eigenvalue weighted by Crippen LogP contribution is 2.28. The summed E-state index contributed by atoms with van der Waals surface area (Å²) in [4.78, 5) is 13.2. The molecule has 0 fully saturated rings. The number of hydrogen-bond acceptors (Lipinski definition) is 4. The Bertz CT molecular complexity index is 1220. The number of hydrogen-bond donors (Lipinski definition) is 1. The molecule has 6 nitrogen and oxygen atoms in total. The molecule has 174 valence electrons. The Morgan fingerprint density at radius 1 is 0.939 bits per heavy atom. The molecule has 0 aliphatic carbocycles. The van der Waals surface area contributed by atoms with Crippen molar-refractivity contribution in [2.24, 2.45) is 0 Å². The molecule has 7 heteroatoms. The zero-order valence-corrected chi connectivity index (χ0v) is 20.4. The predicted molar refractivity (Wildman–Crippen MR) is 131 cm³/mol. The number of anilines is 1. The predicted octanol–water partition coefficient (Wildman–Crippen LogP) is 4.69. The van der Waals surface area contributed by atoms with E-state index in [0.29, 0.717) is 5.69 Å². The number of carbonyl (C=O) groups excluding carboxylic acids is 1. The molecule has 1 amide bonds. The van der Waals surface area contributed by atoms with E-state index >= 15 is 0 Å². The van der Waals surface area contributed by atoms with Crippen LogP contribution in [-0.2, 0) is 14.8 Å². The van der Waals surface area contributed by atoms with Crippen molar-refractivity contribution in [1.29, 1.82) is 0 Å². The van der Waals surface area contributed by atoms with Gasteiger partial charge in [-0.2, -0.15) is 0 Å². The Morgan fingerprint density at radius 3 is 2.15 bits per heavy atom. The molecule has 3 rings (SSSR count). The zero-order chi connectivity index (χ0) is 24.2. The summed E-state index contributed by atoms with van der Waals surface area (Å²) in [5.74, 6) is 0.331. The maximum absolute atomic E-state index is 13.6. The summed E-state index contributed by atoms with van der Waals surface area (Å²) in [6.07, 6.45) is 0. The third-order valence-corrected chi connectivity index (χ3v) is 7.30. The zero-order valence-electron chi connectivity index (χ0n) is 19.6. The molecular weight excluding hydrogens is 436 g/mol. The first-order chi connectivity index (χ1) is 15.6. The molecule has 0 bridgehead atoms. The maximum Gasteiger partial charge on any atom is 0.264 e. The summed E-state index contributed by atoms with van der Waals surface area (Å²) in [6.45, 7) is 7.15. The lowest BCUT2D eigenvalue weighted by Gasteiger charge is -2.27. The van der Waals surface area contributed by atoms with Gasteiger partial charge in [-0.3, -0.25) is 9.10 Å². The normalized spacial score (nSPS) is 12.2. The Kier molecular flexibility index (Phi) is 7.43. The van der Waals surface area contributed by atoms with Gasteiger partial charge in [-0.05, 0) is 74.7 Å². The largest absolute Gasteiger partial charge is 0.497 e. The number of carbonyl (C=O) groups is 1. The highest BCUT2D eigenvalue weighted by atomic mass is 32.2. The van der Waals surface area contributed by atoms with Crippen LogP contribution in [0.15, 0.2) is 71.6 Å². The molecule has 0 spiro atoms. The van der Waals surface area contributed by atoms with Crippen molar-refractivity contribution in [1.82, 2.24) is 5.32 Å². The van der Waals surface area contributed by atoms with E-state index in [9.17, 15) is 13.2 Å². The van der Waals surface area contributed by atoms with Crippen molar-refractivity contribution < 1.29 is 17.9 Å². The third kappa shape index (κ3) is 5.73. The van der Waals surface area contributed by atoms with E-state index < -0.39 is 15.9 Å². The van der Waals surface area contributed by atoms with Gasteiger partial charge in [0.05, 0.1) is 23.7 Å². The average molecular weight is 467 g/mol. The van der Waals surface area contributed by atoms with Crippen LogP contribution in [0.1, 0.15) is 35.2 Å². The first kappa shape index (κ1) is 24.3. The molecule has 0 heterocycles. The fourth-order valence-electron chi connectivity index (χ4n) is 3.52. The third-order valence-electron chi connectivity index (χ3n) is 5.52. The van der Waals surface area contributed by atoms with Crippen LogP contribution in [0.3, 0.4) is 0 Å². The summed E-state index contributed by atoms with van der Waals surface area (Å²) in [5, 5.41) is 2.91. The number of methoxy groups -OCH3 is 1. The molecule has 1 N–H and O–H groups in total. The second kappa shape index (κ2) is 10.1. The van der Waals surface area contributed by atoms with Gasteiger partial charge in [-0.1, -0.05) is 42.0 Å². The SMILES string of the molecule is COc1ccc([C@@H](C)NC(=O)CN(c2cc(C)ccc2C)S(=O)(=O)c2ccc(C)cc2)cc1. The quantitative estimate of drug-likeness (QED) is 0.522. The highest BCUT2D eigenvalue weighted by Gasteiger charge is 2.29. The number of nitrogens with one attached hydrogen (secondary N) is 1. The van der Waals surface area contributed by atoms with Crippen molar-refractivity contribution in [2.45, 2.75) is 38.6 Å². The van der Waals surface area contributed by atoms with Crippen molar-refractivity contribution in [3.05, 3.63) is 89.0 Å². The van der Waals surface area contributed by atoms with Gasteiger partial charge in [0.25, 0.3) is 10.0 Å². The Labute approximate surface area is 196 Å². The van der Waals surface area contributed by atoms with Crippen LogP contribution >= 0.6 is 0 Å². The van der Waals surface area contributed by atoms with Crippen LogP contribution in [0.2, 0.25) is 0 Å². The minimum Gasteiger partial charge on any atom is -0.497 e. The van der Waals surface area contributed by atoms with Gasteiger partial charge in [0.2, 0.25) is 5.91 Å². The molecule has 1 atom stereocenters. The van der Waals surface area contributed by atoms with Gasteiger partial charge in [0.1, 0.15) is 12.3 Å². The number of ether oxygens (including phenoxy) is 1. The van der Waals surface area contributed by atoms with Crippen molar-refractivity contribution in [2.75, 3.05) is 18.0 Å². The lowest BCUT2D eigenvalue weighted by atomic mass is 10.1. The maximum atomic E-state index is 13.6. The first-order valence-corrected chi connectivity index (χ1v) is 12.2. The summed E-state index contributed by atoms with van der Waals surface area (Å²) < 4.78 is 33.6. The Balaban J connectivity index is 1.91. The molecule has 0 radical (unpaired) electrons. The van der Waals surface area contributed by atoms with Crippen LogP contribution in [0.4, 0.5) is 5.69 Å². The van der Waals surface area contributed by atoms with Crippen molar-refractivity contribution in [3.63, 3.8) is 0 Å². The minimum absolute atomic E-state index is 0.144. The summed E-state index contributed by atoms with van der Waals surface area (Å²) in [6, 6.07) is 19.3. The van der Waals surface area contributed by atoms with E-state index in [1.54, 1.807) is 37.4 Å². The summed E-state index contributed by atoms with van der Waals surface area (Å²) >= 11 is 0. The van der Waals surface area contributed by atoms with Crippen LogP contribution in [0.5, 0.6) is 5.75 Å². The molecule has 33 heavy (non-hydrogen) atoms. The molecular formula is C26H30N2O4S. The number of amides is 1. The lowest BCUT2D eigenvalue weighted by Crippen LogP contribution is -2.42. The average Bonchev–Trinajstić information content (AvgIpc) is 2.79. The fraction of sp³-hybridized carbons (Fsp3) is 0.269. The van der Waals surface area contributed by atoms with Crippen molar-refractivity contribution in [3.8, 4) is 5.75 Å². The van der Waals surface area contributed by atoms with Crippen molar-refractivity contribution >= 4 is 21.6 Å². The van der Waals surface area contributed by atoms with Crippen LogP contribution in [0, 0.1) is 20.8 Å². The standard InChI is InChI=1S/C26H30N2O4S/c1-18-7-14-24(15-8-18)33(30,31)28(25-16-19(2)6-9-20(25)3)17-26(29)27-21(4)22-10-12-23(32-5)13-11-22/h6-16,21H,17H2,1-5H3,(H,27,29)/t21-/m1/s1. The molecule has 0 aromatic heterocycles. The van der Waals surface area contributed by atoms with Gasteiger partial charge in [-0.25, -0.2) is 8.42 Å². The second-order valence-electron chi connectivity index (χ2n) is 8.18. The van der Waals surface area contributed by atoms with E-state index in [0.717, 1.165) is 28.0 Å². The summed E-state index contributed by atoms with van der Waals surface area (Å²) in [7, 11) is -2.36. The summed E-state index contributed by atoms with van der Waals surface area (Å²) in [5.41, 5.74) is 4.02. The number of rotatable bonds is 8. The second-order valence-corrected chi connectivity index (χ2v) is 10.0. The highest BCUT2D eigenvalue weighted by molar-refractivity contribution is 7.92. The number of benzene rings is 3. The molecule has 0 unspecified atom stereocenters. The lowest BCUT2D eigenvalue weighted by molar-refractivity contribution is -0.120. The van der Waals surface area contributed by atoms with E-state index in [-0.39, 0.29) is 17.5 Å². The minimum atomic E-state index is -3.96. The van der Waals surface area contributed by atoms with E-state index in [1.165, 1.54) is 4.31 Å². The topological polar surface area (TPSA) is 75.7 Å². The van der Waals surface area contributed by atoms with Gasteiger partial charge in [-0.15, -0.1) is 0 Å². The molecule has 3 aromatic carbocycles. The van der Waals surface area contributed by atoms with Crippen LogP contribution < -0.4 is 14.4 Å². The number of aryl methyl sites for hydroxylation is 3. The van der Waals surface area contributed by atoms with Crippen LogP contribution in [-0.4, -0.2) is 28.0 Å². The molecule has 0 saturated carbocycles. The molecule has 0 saturated heterocycles. The van der Waals surface area contributed by atoms with Gasteiger partial charge >= 0.3 is 0 Å². The number of nitrogens with zero attached hydrogens (tertiary/aromatic N) is 1. The fourth-order valence-corrected chi connectivity index (χ4v) is 5.00. The van der Waals surface area contributed by atoms with Gasteiger partial charge < -0.3 is 10.1 Å². The first-order valence-electron chi connectivity index (χ1n) is 10.7.